The molecule has 0 bridgehead atoms. The zero-order chi connectivity index (χ0) is 20.8. The lowest BCUT2D eigenvalue weighted by atomic mass is 9.78. The van der Waals surface area contributed by atoms with Crippen LogP contribution in [0.3, 0.4) is 0 Å². The maximum absolute atomic E-state index is 5.75. The number of hydrogen-bond acceptors (Lipinski definition) is 0. The molecule has 2 saturated carbocycles. The van der Waals surface area contributed by atoms with Gasteiger partial charge in [0.2, 0.25) is 0 Å². The van der Waals surface area contributed by atoms with Crippen LogP contribution in [-0.4, -0.2) is 0 Å². The minimum Gasteiger partial charge on any atom is -0.0933 e. The quantitative estimate of drug-likeness (QED) is 0.435. The Kier molecular flexibility index (Phi) is 7.74. The van der Waals surface area contributed by atoms with E-state index in [1.165, 1.54) is 73.6 Å². The van der Waals surface area contributed by atoms with Gasteiger partial charge in [-0.05, 0) is 97.3 Å². The van der Waals surface area contributed by atoms with Gasteiger partial charge in [-0.3, -0.25) is 0 Å². The molecule has 0 unspecified atom stereocenters. The molecule has 4 rings (SSSR count). The Morgan fingerprint density at radius 3 is 1.13 bits per heavy atom. The number of halogens is 2. The average molecular weight is 439 g/mol. The smallest absolute Gasteiger partial charge is 0.000525 e. The van der Waals surface area contributed by atoms with Crippen molar-refractivity contribution in [1.82, 2.24) is 0 Å². The van der Waals surface area contributed by atoms with Gasteiger partial charge in [0.15, 0.2) is 0 Å². The topological polar surface area (TPSA) is 0 Å². The number of rotatable bonds is 5. The van der Waals surface area contributed by atoms with E-state index in [-0.39, 0.29) is 0 Å². The lowest BCUT2D eigenvalue weighted by molar-refractivity contribution is 0.376. The molecular formula is C28H32Cl2. The first-order valence-corrected chi connectivity index (χ1v) is 12.4. The second-order valence-electron chi connectivity index (χ2n) is 9.10. The summed E-state index contributed by atoms with van der Waals surface area (Å²) in [6.07, 6.45) is 14.4. The second kappa shape index (κ2) is 10.7. The molecule has 2 aliphatic carbocycles. The summed E-state index contributed by atoms with van der Waals surface area (Å²) in [5.41, 5.74) is 9.00. The predicted octanol–water partition coefficient (Wildman–Crippen LogP) is 9.41. The van der Waals surface area contributed by atoms with Gasteiger partial charge in [0.25, 0.3) is 0 Å². The van der Waals surface area contributed by atoms with E-state index >= 15 is 0 Å². The van der Waals surface area contributed by atoms with Gasteiger partial charge >= 0.3 is 0 Å². The van der Waals surface area contributed by atoms with E-state index in [0.29, 0.717) is 23.7 Å². The highest BCUT2D eigenvalue weighted by atomic mass is 35.5. The van der Waals surface area contributed by atoms with Crippen LogP contribution in [0.5, 0.6) is 0 Å². The Morgan fingerprint density at radius 2 is 0.833 bits per heavy atom. The van der Waals surface area contributed by atoms with E-state index in [2.05, 4.69) is 60.7 Å². The normalized spacial score (nSPS) is 27.7. The molecular weight excluding hydrogens is 407 g/mol. The van der Waals surface area contributed by atoms with Crippen molar-refractivity contribution in [3.05, 3.63) is 82.9 Å². The second-order valence-corrected chi connectivity index (χ2v) is 9.61. The zero-order valence-corrected chi connectivity index (χ0v) is 19.2. The molecule has 2 aromatic carbocycles. The van der Waals surface area contributed by atoms with Crippen LogP contribution in [-0.2, 0) is 0 Å². The van der Waals surface area contributed by atoms with Crippen molar-refractivity contribution < 1.29 is 0 Å². The predicted molar refractivity (Wildman–Crippen MR) is 131 cm³/mol. The Balaban J connectivity index is 1.36. The highest BCUT2D eigenvalue weighted by molar-refractivity contribution is 6.25. The van der Waals surface area contributed by atoms with E-state index in [0.717, 1.165) is 0 Å². The summed E-state index contributed by atoms with van der Waals surface area (Å²) >= 11 is 11.5. The lowest BCUT2D eigenvalue weighted by Gasteiger charge is -2.27. The van der Waals surface area contributed by atoms with Gasteiger partial charge in [-0.1, -0.05) is 83.9 Å². The average Bonchev–Trinajstić information content (AvgIpc) is 2.81. The van der Waals surface area contributed by atoms with Gasteiger partial charge in [0.05, 0.1) is 0 Å². The Bertz CT molecular complexity index is 758. The number of hydrogen-bond donors (Lipinski definition) is 0. The Morgan fingerprint density at radius 1 is 0.500 bits per heavy atom. The van der Waals surface area contributed by atoms with Crippen molar-refractivity contribution >= 4 is 23.2 Å². The van der Waals surface area contributed by atoms with Crippen molar-refractivity contribution in [2.24, 2.45) is 11.8 Å². The summed E-state index contributed by atoms with van der Waals surface area (Å²) in [6, 6.07) is 18.6. The van der Waals surface area contributed by atoms with E-state index in [4.69, 9.17) is 23.2 Å². The fourth-order valence-corrected chi connectivity index (χ4v) is 5.80. The van der Waals surface area contributed by atoms with Crippen LogP contribution in [0.15, 0.2) is 71.8 Å². The van der Waals surface area contributed by atoms with Crippen LogP contribution in [0, 0.1) is 11.8 Å². The van der Waals surface area contributed by atoms with Gasteiger partial charge in [0.1, 0.15) is 0 Å². The lowest BCUT2D eigenvalue weighted by Crippen LogP contribution is -2.11. The fourth-order valence-electron chi connectivity index (χ4n) is 5.39. The van der Waals surface area contributed by atoms with Gasteiger partial charge < -0.3 is 0 Å². The molecule has 0 aromatic heterocycles. The zero-order valence-electron chi connectivity index (χ0n) is 17.7. The van der Waals surface area contributed by atoms with Crippen molar-refractivity contribution in [1.29, 1.82) is 0 Å². The van der Waals surface area contributed by atoms with E-state index in [9.17, 15) is 0 Å². The molecule has 30 heavy (non-hydrogen) atoms. The molecule has 2 fully saturated rings. The molecule has 0 heterocycles. The van der Waals surface area contributed by atoms with Crippen molar-refractivity contribution in [3.63, 3.8) is 0 Å². The molecule has 0 N–H and O–H groups in total. The van der Waals surface area contributed by atoms with Crippen LogP contribution >= 0.6 is 23.2 Å². The molecule has 2 aromatic rings. The van der Waals surface area contributed by atoms with Crippen molar-refractivity contribution in [2.45, 2.75) is 63.2 Å². The van der Waals surface area contributed by atoms with Crippen LogP contribution in [0.25, 0.3) is 11.1 Å². The first kappa shape index (κ1) is 21.7. The fraction of sp³-hybridized carbons (Fsp3) is 0.429. The van der Waals surface area contributed by atoms with Crippen LogP contribution < -0.4 is 0 Å². The highest BCUT2D eigenvalue weighted by Crippen LogP contribution is 2.38. The first-order valence-electron chi connectivity index (χ1n) is 11.5. The summed E-state index contributed by atoms with van der Waals surface area (Å²) < 4.78 is 0. The SMILES string of the molecule is Cl/C=C/C1CCC(c2ccc(-c3ccc(C4CCC(/C=C/Cl)CC4)cc3)cc2)CC1. The molecule has 0 saturated heterocycles. The summed E-state index contributed by atoms with van der Waals surface area (Å²) in [5, 5.41) is 0. The van der Waals surface area contributed by atoms with E-state index in [1.54, 1.807) is 11.1 Å². The number of benzene rings is 2. The minimum atomic E-state index is 0.670. The molecule has 0 nitrogen and oxygen atoms in total. The monoisotopic (exact) mass is 438 g/mol. The molecule has 2 aliphatic rings. The summed E-state index contributed by atoms with van der Waals surface area (Å²) in [4.78, 5) is 0. The molecule has 0 aliphatic heterocycles. The van der Waals surface area contributed by atoms with Gasteiger partial charge in [-0.2, -0.15) is 0 Å². The third-order valence-electron chi connectivity index (χ3n) is 7.33. The van der Waals surface area contributed by atoms with E-state index in [1.807, 2.05) is 0 Å². The largest absolute Gasteiger partial charge is 0.0933 e. The van der Waals surface area contributed by atoms with Crippen molar-refractivity contribution in [2.75, 3.05) is 0 Å². The maximum Gasteiger partial charge on any atom is 0.000525 e. The summed E-state index contributed by atoms with van der Waals surface area (Å²) in [6.45, 7) is 0. The Hall–Kier alpha value is -1.50. The summed E-state index contributed by atoms with van der Waals surface area (Å²) in [7, 11) is 0. The molecule has 158 valence electrons. The summed E-state index contributed by atoms with van der Waals surface area (Å²) in [5.74, 6) is 2.74. The standard InChI is InChI=1S/C28H32Cl2/c29-19-17-21-1-5-23(6-2-21)25-9-13-27(14-10-25)28-15-11-26(12-16-28)24-7-3-22(4-8-24)18-20-30/h9-24H,1-8H2/b19-17+,20-18+. The first-order chi connectivity index (χ1) is 14.8. The van der Waals surface area contributed by atoms with Gasteiger partial charge in [-0.25, -0.2) is 0 Å². The van der Waals surface area contributed by atoms with Crippen molar-refractivity contribution in [3.8, 4) is 11.1 Å². The van der Waals surface area contributed by atoms with Crippen LogP contribution in [0.4, 0.5) is 0 Å². The maximum atomic E-state index is 5.75. The van der Waals surface area contributed by atoms with Crippen LogP contribution in [0.1, 0.15) is 74.3 Å². The molecule has 0 spiro atoms. The Labute approximate surface area is 192 Å². The molecule has 2 heteroatoms. The van der Waals surface area contributed by atoms with E-state index < -0.39 is 0 Å². The highest BCUT2D eigenvalue weighted by Gasteiger charge is 2.22. The molecule has 0 radical (unpaired) electrons. The third-order valence-corrected chi connectivity index (χ3v) is 7.62. The number of allylic oxidation sites excluding steroid dienone is 2. The van der Waals surface area contributed by atoms with Gasteiger partial charge in [0, 0.05) is 11.1 Å². The van der Waals surface area contributed by atoms with Gasteiger partial charge in [-0.15, -0.1) is 0 Å². The van der Waals surface area contributed by atoms with Crippen LogP contribution in [0.2, 0.25) is 0 Å². The molecule has 0 atom stereocenters. The molecule has 0 amide bonds. The minimum absolute atomic E-state index is 0.670. The third kappa shape index (κ3) is 5.40.